The van der Waals surface area contributed by atoms with Gasteiger partial charge < -0.3 is 5.32 Å². The van der Waals surface area contributed by atoms with Crippen molar-refractivity contribution in [2.24, 2.45) is 0 Å². The number of piperazine rings is 1. The number of nitrogens with zero attached hydrogens (tertiary/aromatic N) is 2. The number of halogens is 4. The molecule has 8 heteroatoms. The fraction of sp³-hybridized carbons (Fsp3) is 0.533. The van der Waals surface area contributed by atoms with Crippen molar-refractivity contribution in [3.05, 3.63) is 34.9 Å². The highest BCUT2D eigenvalue weighted by atomic mass is 35.5. The van der Waals surface area contributed by atoms with Gasteiger partial charge in [-0.1, -0.05) is 23.7 Å². The number of alkyl halides is 3. The second kappa shape index (κ2) is 7.99. The van der Waals surface area contributed by atoms with Gasteiger partial charge in [0.1, 0.15) is 6.54 Å². The summed E-state index contributed by atoms with van der Waals surface area (Å²) in [6.45, 7) is 2.39. The molecule has 0 aliphatic carbocycles. The lowest BCUT2D eigenvalue weighted by Gasteiger charge is -2.34. The van der Waals surface area contributed by atoms with Gasteiger partial charge in [0, 0.05) is 37.7 Å². The van der Waals surface area contributed by atoms with Crippen LogP contribution in [0.4, 0.5) is 13.2 Å². The Labute approximate surface area is 138 Å². The molecule has 2 rings (SSSR count). The number of benzene rings is 1. The van der Waals surface area contributed by atoms with Crippen molar-refractivity contribution >= 4 is 17.5 Å². The van der Waals surface area contributed by atoms with E-state index in [1.165, 1.54) is 0 Å². The summed E-state index contributed by atoms with van der Waals surface area (Å²) in [7, 11) is 0. The molecule has 0 aromatic heterocycles. The molecule has 128 valence electrons. The van der Waals surface area contributed by atoms with E-state index in [0.717, 1.165) is 25.2 Å². The summed E-state index contributed by atoms with van der Waals surface area (Å²) in [5.41, 5.74) is 1.16. The molecule has 1 aromatic carbocycles. The van der Waals surface area contributed by atoms with Crippen LogP contribution in [0.5, 0.6) is 0 Å². The van der Waals surface area contributed by atoms with Crippen molar-refractivity contribution in [3.8, 4) is 0 Å². The van der Waals surface area contributed by atoms with Crippen LogP contribution in [0.1, 0.15) is 5.56 Å². The van der Waals surface area contributed by atoms with Gasteiger partial charge in [0.05, 0.1) is 6.54 Å². The third-order valence-corrected chi connectivity index (χ3v) is 3.89. The highest BCUT2D eigenvalue weighted by Gasteiger charge is 2.28. The normalized spacial score (nSPS) is 17.2. The zero-order chi connectivity index (χ0) is 16.9. The Hall–Kier alpha value is -1.31. The summed E-state index contributed by atoms with van der Waals surface area (Å²) in [6, 6.07) is 7.63. The number of hydrogen-bond donors (Lipinski definition) is 1. The van der Waals surface area contributed by atoms with Crippen molar-refractivity contribution in [1.82, 2.24) is 15.1 Å². The second-order valence-electron chi connectivity index (χ2n) is 5.57. The van der Waals surface area contributed by atoms with E-state index in [0.29, 0.717) is 18.1 Å². The number of carbonyl (C=O) groups excluding carboxylic acids is 1. The lowest BCUT2D eigenvalue weighted by molar-refractivity contribution is -0.139. The summed E-state index contributed by atoms with van der Waals surface area (Å²) in [5, 5.41) is 2.59. The fourth-order valence-electron chi connectivity index (χ4n) is 2.41. The average Bonchev–Trinajstić information content (AvgIpc) is 2.49. The predicted octanol–water partition coefficient (Wildman–Crippen LogP) is 2.14. The minimum absolute atomic E-state index is 0.00483. The largest absolute Gasteiger partial charge is 0.405 e. The third-order valence-electron chi connectivity index (χ3n) is 3.64. The SMILES string of the molecule is O=C(CN1CCN(Cc2ccc(Cl)cc2)CC1)NCC(F)(F)F. The molecule has 1 fully saturated rings. The molecule has 23 heavy (non-hydrogen) atoms. The summed E-state index contributed by atoms with van der Waals surface area (Å²) < 4.78 is 36.1. The van der Waals surface area contributed by atoms with Gasteiger partial charge in [-0.05, 0) is 17.7 Å². The van der Waals surface area contributed by atoms with E-state index in [-0.39, 0.29) is 6.54 Å². The summed E-state index contributed by atoms with van der Waals surface area (Å²) in [6.07, 6.45) is -4.37. The van der Waals surface area contributed by atoms with E-state index >= 15 is 0 Å². The fourth-order valence-corrected chi connectivity index (χ4v) is 2.54. The molecule has 0 unspecified atom stereocenters. The molecule has 0 bridgehead atoms. The van der Waals surface area contributed by atoms with Gasteiger partial charge in [0.15, 0.2) is 0 Å². The summed E-state index contributed by atoms with van der Waals surface area (Å²) >= 11 is 5.85. The Kier molecular flexibility index (Phi) is 6.26. The standard InChI is InChI=1S/C15H19ClF3N3O/c16-13-3-1-12(2-4-13)9-21-5-7-22(8-6-21)10-14(23)20-11-15(17,18)19/h1-4H,5-11H2,(H,20,23). The maximum atomic E-state index is 12.0. The molecule has 1 aromatic rings. The molecule has 1 amide bonds. The maximum Gasteiger partial charge on any atom is 0.405 e. The monoisotopic (exact) mass is 349 g/mol. The van der Waals surface area contributed by atoms with E-state index < -0.39 is 18.6 Å². The number of carbonyl (C=O) groups is 1. The number of amides is 1. The first-order chi connectivity index (χ1) is 10.8. The van der Waals surface area contributed by atoms with Crippen molar-refractivity contribution in [1.29, 1.82) is 0 Å². The number of rotatable bonds is 5. The zero-order valence-corrected chi connectivity index (χ0v) is 13.3. The van der Waals surface area contributed by atoms with Crippen LogP contribution in [0.15, 0.2) is 24.3 Å². The van der Waals surface area contributed by atoms with Crippen LogP contribution >= 0.6 is 11.6 Å². The molecule has 0 atom stereocenters. The van der Waals surface area contributed by atoms with Crippen LogP contribution in [0.2, 0.25) is 5.02 Å². The van der Waals surface area contributed by atoms with E-state index in [2.05, 4.69) is 4.90 Å². The van der Waals surface area contributed by atoms with Crippen molar-refractivity contribution < 1.29 is 18.0 Å². The van der Waals surface area contributed by atoms with Crippen LogP contribution in [-0.2, 0) is 11.3 Å². The smallest absolute Gasteiger partial charge is 0.346 e. The van der Waals surface area contributed by atoms with Crippen LogP contribution < -0.4 is 5.32 Å². The lowest BCUT2D eigenvalue weighted by Crippen LogP contribution is -2.49. The van der Waals surface area contributed by atoms with Crippen molar-refractivity contribution in [2.75, 3.05) is 39.3 Å². The number of hydrogen-bond acceptors (Lipinski definition) is 3. The molecule has 1 N–H and O–H groups in total. The summed E-state index contributed by atoms with van der Waals surface area (Å²) in [4.78, 5) is 15.6. The Morgan fingerprint density at radius 1 is 1.09 bits per heavy atom. The quantitative estimate of drug-likeness (QED) is 0.884. The lowest BCUT2D eigenvalue weighted by atomic mass is 10.2. The van der Waals surface area contributed by atoms with Crippen molar-refractivity contribution in [2.45, 2.75) is 12.7 Å². The molecule has 0 spiro atoms. The molecule has 0 saturated carbocycles. The van der Waals surface area contributed by atoms with Crippen LogP contribution in [0.3, 0.4) is 0 Å². The Bertz CT molecular complexity index is 514. The zero-order valence-electron chi connectivity index (χ0n) is 12.6. The van der Waals surface area contributed by atoms with Gasteiger partial charge in [-0.25, -0.2) is 0 Å². The molecule has 1 heterocycles. The van der Waals surface area contributed by atoms with E-state index in [1.54, 1.807) is 0 Å². The molecular weight excluding hydrogens is 331 g/mol. The van der Waals surface area contributed by atoms with Crippen LogP contribution in [0.25, 0.3) is 0 Å². The average molecular weight is 350 g/mol. The minimum Gasteiger partial charge on any atom is -0.346 e. The first-order valence-corrected chi connectivity index (χ1v) is 7.72. The molecule has 1 aliphatic heterocycles. The van der Waals surface area contributed by atoms with Gasteiger partial charge in [0.2, 0.25) is 5.91 Å². The first kappa shape index (κ1) is 18.0. The van der Waals surface area contributed by atoms with Gasteiger partial charge in [-0.3, -0.25) is 14.6 Å². The number of nitrogens with one attached hydrogen (secondary N) is 1. The van der Waals surface area contributed by atoms with E-state index in [1.807, 2.05) is 34.5 Å². The van der Waals surface area contributed by atoms with Gasteiger partial charge >= 0.3 is 6.18 Å². The van der Waals surface area contributed by atoms with E-state index in [9.17, 15) is 18.0 Å². The maximum absolute atomic E-state index is 12.0. The third kappa shape index (κ3) is 6.76. The Morgan fingerprint density at radius 3 is 2.22 bits per heavy atom. The van der Waals surface area contributed by atoms with Gasteiger partial charge in [-0.2, -0.15) is 13.2 Å². The molecule has 0 radical (unpaired) electrons. The van der Waals surface area contributed by atoms with Gasteiger partial charge in [-0.15, -0.1) is 0 Å². The predicted molar refractivity (Wildman–Crippen MR) is 82.2 cm³/mol. The minimum atomic E-state index is -4.37. The Balaban J connectivity index is 1.69. The molecule has 1 aliphatic rings. The molecular formula is C15H19ClF3N3O. The first-order valence-electron chi connectivity index (χ1n) is 7.34. The highest BCUT2D eigenvalue weighted by molar-refractivity contribution is 6.30. The van der Waals surface area contributed by atoms with E-state index in [4.69, 9.17) is 11.6 Å². The second-order valence-corrected chi connectivity index (χ2v) is 6.01. The van der Waals surface area contributed by atoms with Gasteiger partial charge in [0.25, 0.3) is 0 Å². The van der Waals surface area contributed by atoms with Crippen molar-refractivity contribution in [3.63, 3.8) is 0 Å². The molecule has 4 nitrogen and oxygen atoms in total. The Morgan fingerprint density at radius 2 is 1.65 bits per heavy atom. The van der Waals surface area contributed by atoms with Crippen LogP contribution in [0, 0.1) is 0 Å². The topological polar surface area (TPSA) is 35.6 Å². The molecule has 1 saturated heterocycles. The highest BCUT2D eigenvalue weighted by Crippen LogP contribution is 2.13. The van der Waals surface area contributed by atoms with Crippen LogP contribution in [-0.4, -0.2) is 61.2 Å². The summed E-state index contributed by atoms with van der Waals surface area (Å²) in [5.74, 6) is -0.589.